The lowest BCUT2D eigenvalue weighted by atomic mass is 10.0. The molecule has 1 saturated heterocycles. The Bertz CT molecular complexity index is 1180. The number of amides is 1. The first-order chi connectivity index (χ1) is 14.7. The Morgan fingerprint density at radius 1 is 1.13 bits per heavy atom. The van der Waals surface area contributed by atoms with Crippen LogP contribution in [0.1, 0.15) is 36.9 Å². The van der Waals surface area contributed by atoms with Crippen LogP contribution in [0.25, 0.3) is 22.5 Å². The summed E-state index contributed by atoms with van der Waals surface area (Å²) in [4.78, 5) is 19.5. The van der Waals surface area contributed by atoms with Gasteiger partial charge in [-0.05, 0) is 55.8 Å². The summed E-state index contributed by atoms with van der Waals surface area (Å²) in [5, 5.41) is 9.57. The normalized spacial score (nSPS) is 16.8. The molecule has 7 nitrogen and oxygen atoms in total. The first kappa shape index (κ1) is 18.5. The molecule has 152 valence electrons. The number of fused-ring (bicyclic) bond motifs is 1. The van der Waals surface area contributed by atoms with E-state index in [-0.39, 0.29) is 11.9 Å². The highest BCUT2D eigenvalue weighted by molar-refractivity contribution is 5.84. The molecule has 1 unspecified atom stereocenters. The molecule has 1 amide bonds. The van der Waals surface area contributed by atoms with Crippen molar-refractivity contribution in [2.24, 2.45) is 0 Å². The average Bonchev–Trinajstić information content (AvgIpc) is 3.40. The molecule has 1 aliphatic rings. The molecule has 7 heteroatoms. The number of likely N-dealkylation sites (tertiary alicyclic amines) is 1. The van der Waals surface area contributed by atoms with Gasteiger partial charge in [0.25, 0.3) is 5.89 Å². The smallest absolute Gasteiger partial charge is 0.266 e. The number of hydrogen-bond donors (Lipinski definition) is 0. The topological polar surface area (TPSA) is 77.1 Å². The van der Waals surface area contributed by atoms with Crippen LogP contribution in [0.4, 0.5) is 0 Å². The second-order valence-electron chi connectivity index (χ2n) is 7.69. The van der Waals surface area contributed by atoms with Crippen molar-refractivity contribution in [1.82, 2.24) is 24.6 Å². The van der Waals surface area contributed by atoms with Gasteiger partial charge < -0.3 is 13.9 Å². The highest BCUT2D eigenvalue weighted by Crippen LogP contribution is 2.32. The van der Waals surface area contributed by atoms with Crippen molar-refractivity contribution in [3.63, 3.8) is 0 Å². The fourth-order valence-electron chi connectivity index (χ4n) is 4.23. The van der Waals surface area contributed by atoms with Crippen molar-refractivity contribution in [3.05, 3.63) is 66.3 Å². The number of aromatic nitrogens is 4. The first-order valence-corrected chi connectivity index (χ1v) is 10.3. The molecule has 4 aromatic rings. The zero-order valence-electron chi connectivity index (χ0n) is 16.9. The zero-order chi connectivity index (χ0) is 20.5. The Hall–Kier alpha value is -3.48. The summed E-state index contributed by atoms with van der Waals surface area (Å²) in [5.41, 5.74) is 2.79. The Morgan fingerprint density at radius 3 is 2.87 bits per heavy atom. The second-order valence-corrected chi connectivity index (χ2v) is 7.69. The number of hydrogen-bond acceptors (Lipinski definition) is 5. The third-order valence-electron chi connectivity index (χ3n) is 5.74. The highest BCUT2D eigenvalue weighted by atomic mass is 16.4. The van der Waals surface area contributed by atoms with Crippen molar-refractivity contribution in [1.29, 1.82) is 0 Å². The van der Waals surface area contributed by atoms with Crippen LogP contribution in [0, 0.1) is 6.92 Å². The number of benzene rings is 1. The SMILES string of the molecule is Cc1cc2ccccc2n1CC(=O)N1CCCCC1c1nnc(-c2ccccn2)o1. The maximum atomic E-state index is 13.3. The quantitative estimate of drug-likeness (QED) is 0.513. The van der Waals surface area contributed by atoms with Crippen molar-refractivity contribution < 1.29 is 9.21 Å². The van der Waals surface area contributed by atoms with Crippen LogP contribution >= 0.6 is 0 Å². The van der Waals surface area contributed by atoms with E-state index in [0.29, 0.717) is 30.6 Å². The zero-order valence-corrected chi connectivity index (χ0v) is 16.9. The summed E-state index contributed by atoms with van der Waals surface area (Å²) < 4.78 is 8.01. The number of rotatable bonds is 4. The van der Waals surface area contributed by atoms with Gasteiger partial charge in [-0.3, -0.25) is 9.78 Å². The third kappa shape index (κ3) is 3.36. The fraction of sp³-hybridized carbons (Fsp3) is 0.304. The number of nitrogens with zero attached hydrogens (tertiary/aromatic N) is 5. The van der Waals surface area contributed by atoms with E-state index in [1.54, 1.807) is 6.20 Å². The molecular formula is C23H23N5O2. The maximum absolute atomic E-state index is 13.3. The molecule has 0 aliphatic carbocycles. The molecule has 0 spiro atoms. The van der Waals surface area contributed by atoms with Crippen molar-refractivity contribution in [2.75, 3.05) is 6.54 Å². The molecular weight excluding hydrogens is 378 g/mol. The predicted octanol–water partition coefficient (Wildman–Crippen LogP) is 4.15. The van der Waals surface area contributed by atoms with Gasteiger partial charge in [0.2, 0.25) is 11.8 Å². The van der Waals surface area contributed by atoms with Gasteiger partial charge in [-0.25, -0.2) is 0 Å². The molecule has 0 bridgehead atoms. The van der Waals surface area contributed by atoms with E-state index < -0.39 is 0 Å². The van der Waals surface area contributed by atoms with Crippen molar-refractivity contribution in [2.45, 2.75) is 38.8 Å². The monoisotopic (exact) mass is 401 g/mol. The minimum absolute atomic E-state index is 0.0711. The Kier molecular flexibility index (Phi) is 4.78. The predicted molar refractivity (Wildman–Crippen MR) is 113 cm³/mol. The molecule has 0 saturated carbocycles. The standard InChI is InChI=1S/C23H23N5O2/c1-16-14-17-8-2-3-10-19(17)28(16)15-21(29)27-13-7-5-11-20(27)23-26-25-22(30-23)18-9-4-6-12-24-18/h2-4,6,8-10,12,14,20H,5,7,11,13,15H2,1H3. The third-order valence-corrected chi connectivity index (χ3v) is 5.74. The van der Waals surface area contributed by atoms with E-state index in [1.807, 2.05) is 42.2 Å². The number of pyridine rings is 1. The summed E-state index contributed by atoms with van der Waals surface area (Å²) in [6.45, 7) is 3.04. The summed E-state index contributed by atoms with van der Waals surface area (Å²) in [6, 6.07) is 15.6. The number of carbonyl (C=O) groups excluding carboxylic acids is 1. The average molecular weight is 401 g/mol. The molecule has 1 aliphatic heterocycles. The van der Waals surface area contributed by atoms with E-state index in [9.17, 15) is 4.79 Å². The first-order valence-electron chi connectivity index (χ1n) is 10.3. The Morgan fingerprint density at radius 2 is 2.00 bits per heavy atom. The fourth-order valence-corrected chi connectivity index (χ4v) is 4.23. The molecule has 0 N–H and O–H groups in total. The van der Waals surface area contributed by atoms with Crippen LogP contribution < -0.4 is 0 Å². The van der Waals surface area contributed by atoms with Crippen LogP contribution in [0.5, 0.6) is 0 Å². The van der Waals surface area contributed by atoms with E-state index in [0.717, 1.165) is 35.9 Å². The molecule has 4 heterocycles. The van der Waals surface area contributed by atoms with E-state index in [2.05, 4.69) is 37.9 Å². The molecule has 1 atom stereocenters. The lowest BCUT2D eigenvalue weighted by Gasteiger charge is -2.33. The van der Waals surface area contributed by atoms with Gasteiger partial charge in [-0.15, -0.1) is 10.2 Å². The minimum atomic E-state index is -0.196. The number of aryl methyl sites for hydroxylation is 1. The van der Waals surface area contributed by atoms with Gasteiger partial charge in [0.15, 0.2) is 0 Å². The summed E-state index contributed by atoms with van der Waals surface area (Å²) in [7, 11) is 0. The van der Waals surface area contributed by atoms with Crippen LogP contribution in [-0.2, 0) is 11.3 Å². The summed E-state index contributed by atoms with van der Waals surface area (Å²) in [5.74, 6) is 0.940. The number of piperidine rings is 1. The van der Waals surface area contributed by atoms with Gasteiger partial charge >= 0.3 is 0 Å². The Labute approximate surface area is 174 Å². The highest BCUT2D eigenvalue weighted by Gasteiger charge is 2.32. The molecule has 3 aromatic heterocycles. The van der Waals surface area contributed by atoms with Crippen LogP contribution in [-0.4, -0.2) is 37.1 Å². The van der Waals surface area contributed by atoms with Gasteiger partial charge in [0.1, 0.15) is 18.3 Å². The molecule has 0 radical (unpaired) electrons. The second kappa shape index (κ2) is 7.74. The lowest BCUT2D eigenvalue weighted by Crippen LogP contribution is -2.40. The summed E-state index contributed by atoms with van der Waals surface area (Å²) in [6.07, 6.45) is 4.52. The maximum Gasteiger partial charge on any atom is 0.266 e. The van der Waals surface area contributed by atoms with Crippen molar-refractivity contribution >= 4 is 16.8 Å². The van der Waals surface area contributed by atoms with E-state index >= 15 is 0 Å². The van der Waals surface area contributed by atoms with Crippen LogP contribution in [0.3, 0.4) is 0 Å². The van der Waals surface area contributed by atoms with Gasteiger partial charge in [-0.2, -0.15) is 0 Å². The van der Waals surface area contributed by atoms with E-state index in [1.165, 1.54) is 0 Å². The van der Waals surface area contributed by atoms with Gasteiger partial charge in [0, 0.05) is 24.0 Å². The van der Waals surface area contributed by atoms with Crippen LogP contribution in [0.15, 0.2) is 59.1 Å². The van der Waals surface area contributed by atoms with Crippen molar-refractivity contribution in [3.8, 4) is 11.6 Å². The van der Waals surface area contributed by atoms with Crippen LogP contribution in [0.2, 0.25) is 0 Å². The van der Waals surface area contributed by atoms with E-state index in [4.69, 9.17) is 4.42 Å². The molecule has 1 aromatic carbocycles. The summed E-state index contributed by atoms with van der Waals surface area (Å²) >= 11 is 0. The largest absolute Gasteiger partial charge is 0.417 e. The molecule has 5 rings (SSSR count). The van der Waals surface area contributed by atoms with Gasteiger partial charge in [0.05, 0.1) is 0 Å². The minimum Gasteiger partial charge on any atom is -0.417 e. The van der Waals surface area contributed by atoms with Gasteiger partial charge in [-0.1, -0.05) is 24.3 Å². The Balaban J connectivity index is 1.41. The molecule has 30 heavy (non-hydrogen) atoms. The molecule has 1 fully saturated rings. The number of para-hydroxylation sites is 1. The lowest BCUT2D eigenvalue weighted by molar-refractivity contribution is -0.136. The number of carbonyl (C=O) groups is 1.